The van der Waals surface area contributed by atoms with E-state index in [1.165, 1.54) is 0 Å². The van der Waals surface area contributed by atoms with Gasteiger partial charge >= 0.3 is 0 Å². The Kier molecular flexibility index (Phi) is 5.08. The molecule has 1 fully saturated rings. The molecule has 0 aliphatic carbocycles. The summed E-state index contributed by atoms with van der Waals surface area (Å²) in [5.41, 5.74) is 1.95. The Balaban J connectivity index is 1.52. The number of anilines is 1. The molecule has 1 N–H and O–H groups in total. The molecule has 0 radical (unpaired) electrons. The van der Waals surface area contributed by atoms with Crippen LogP contribution in [-0.2, 0) is 4.79 Å². The lowest BCUT2D eigenvalue weighted by Gasteiger charge is -2.34. The van der Waals surface area contributed by atoms with Gasteiger partial charge in [-0.2, -0.15) is 0 Å². The van der Waals surface area contributed by atoms with Crippen LogP contribution in [0.15, 0.2) is 36.5 Å². The number of pyridine rings is 1. The van der Waals surface area contributed by atoms with Crippen LogP contribution in [0.5, 0.6) is 0 Å². The molecular weight excluding hydrogens is 288 g/mol. The van der Waals surface area contributed by atoms with Crippen molar-refractivity contribution in [1.82, 2.24) is 14.8 Å². The number of nitrogens with one attached hydrogen (secondary N) is 1. The zero-order chi connectivity index (χ0) is 16.1. The van der Waals surface area contributed by atoms with Gasteiger partial charge in [0.2, 0.25) is 5.91 Å². The van der Waals surface area contributed by atoms with Gasteiger partial charge in [0.1, 0.15) is 0 Å². The summed E-state index contributed by atoms with van der Waals surface area (Å²) in [4.78, 5) is 21.1. The summed E-state index contributed by atoms with van der Waals surface area (Å²) < 4.78 is 0. The number of nitrogens with zero attached hydrogens (tertiary/aromatic N) is 3. The first-order chi connectivity index (χ1) is 11.3. The molecule has 5 heteroatoms. The van der Waals surface area contributed by atoms with Crippen molar-refractivity contribution >= 4 is 22.5 Å². The van der Waals surface area contributed by atoms with Crippen LogP contribution in [0.2, 0.25) is 0 Å². The summed E-state index contributed by atoms with van der Waals surface area (Å²) in [5.74, 6) is 0.237. The maximum absolute atomic E-state index is 12.3. The molecule has 0 spiro atoms. The molecule has 1 amide bonds. The van der Waals surface area contributed by atoms with E-state index in [0.29, 0.717) is 13.0 Å². The summed E-state index contributed by atoms with van der Waals surface area (Å²) in [6.07, 6.45) is 2.32. The summed E-state index contributed by atoms with van der Waals surface area (Å²) in [7, 11) is 0. The number of para-hydroxylation sites is 1. The van der Waals surface area contributed by atoms with Crippen LogP contribution in [0, 0.1) is 0 Å². The minimum atomic E-state index is 0.237. The maximum Gasteiger partial charge on any atom is 0.224 e. The van der Waals surface area contributed by atoms with Gasteiger partial charge in [0.25, 0.3) is 0 Å². The number of fused-ring (bicyclic) bond motifs is 1. The largest absolute Gasteiger partial charge is 0.383 e. The van der Waals surface area contributed by atoms with Crippen molar-refractivity contribution in [2.24, 2.45) is 0 Å². The van der Waals surface area contributed by atoms with Crippen molar-refractivity contribution in [3.05, 3.63) is 36.5 Å². The molecule has 0 bridgehead atoms. The normalized spacial score (nSPS) is 15.8. The van der Waals surface area contributed by atoms with Crippen LogP contribution in [-0.4, -0.2) is 60.0 Å². The number of rotatable bonds is 5. The topological polar surface area (TPSA) is 48.5 Å². The lowest BCUT2D eigenvalue weighted by atomic mass is 10.2. The standard InChI is InChI=1S/C18H24N4O/c1-2-21-11-13-22(14-12-21)17(23)8-10-19-16-7-3-5-15-6-4-9-20-18(15)16/h3-7,9,19H,2,8,10-14H2,1H3. The highest BCUT2D eigenvalue weighted by atomic mass is 16.2. The Morgan fingerprint density at radius 1 is 1.17 bits per heavy atom. The number of carbonyl (C=O) groups is 1. The molecule has 1 aromatic carbocycles. The van der Waals surface area contributed by atoms with Gasteiger partial charge in [-0.25, -0.2) is 0 Å². The first-order valence-corrected chi connectivity index (χ1v) is 8.35. The fraction of sp³-hybridized carbons (Fsp3) is 0.444. The molecule has 23 heavy (non-hydrogen) atoms. The molecule has 2 aromatic rings. The number of carbonyl (C=O) groups excluding carboxylic acids is 1. The lowest BCUT2D eigenvalue weighted by Crippen LogP contribution is -2.48. The first-order valence-electron chi connectivity index (χ1n) is 8.35. The van der Waals surface area contributed by atoms with Crippen LogP contribution in [0.25, 0.3) is 10.9 Å². The van der Waals surface area contributed by atoms with E-state index >= 15 is 0 Å². The van der Waals surface area contributed by atoms with Gasteiger partial charge in [-0.05, 0) is 18.7 Å². The second kappa shape index (κ2) is 7.42. The minimum Gasteiger partial charge on any atom is -0.383 e. The zero-order valence-electron chi connectivity index (χ0n) is 13.7. The number of amides is 1. The Bertz CT molecular complexity index is 660. The highest BCUT2D eigenvalue weighted by molar-refractivity contribution is 5.90. The minimum absolute atomic E-state index is 0.237. The second-order valence-corrected chi connectivity index (χ2v) is 5.87. The molecule has 5 nitrogen and oxygen atoms in total. The van der Waals surface area contributed by atoms with Gasteiger partial charge in [0.15, 0.2) is 0 Å². The van der Waals surface area contributed by atoms with Crippen LogP contribution in [0.4, 0.5) is 5.69 Å². The molecule has 0 saturated carbocycles. The molecule has 0 unspecified atom stereocenters. The third-order valence-corrected chi connectivity index (χ3v) is 4.46. The highest BCUT2D eigenvalue weighted by Crippen LogP contribution is 2.20. The SMILES string of the molecule is CCN1CCN(C(=O)CCNc2cccc3cccnc23)CC1. The van der Waals surface area contributed by atoms with E-state index in [0.717, 1.165) is 49.3 Å². The summed E-state index contributed by atoms with van der Waals surface area (Å²) in [5, 5.41) is 4.47. The zero-order valence-corrected chi connectivity index (χ0v) is 13.7. The average molecular weight is 312 g/mol. The van der Waals surface area contributed by atoms with Gasteiger partial charge in [0, 0.05) is 50.7 Å². The van der Waals surface area contributed by atoms with Crippen molar-refractivity contribution in [2.75, 3.05) is 44.6 Å². The molecule has 1 aliphatic heterocycles. The van der Waals surface area contributed by atoms with Crippen molar-refractivity contribution < 1.29 is 4.79 Å². The van der Waals surface area contributed by atoms with Crippen molar-refractivity contribution in [2.45, 2.75) is 13.3 Å². The monoisotopic (exact) mass is 312 g/mol. The van der Waals surface area contributed by atoms with Crippen molar-refractivity contribution in [1.29, 1.82) is 0 Å². The number of aromatic nitrogens is 1. The van der Waals surface area contributed by atoms with Gasteiger partial charge < -0.3 is 15.1 Å². The number of hydrogen-bond donors (Lipinski definition) is 1. The molecule has 3 rings (SSSR count). The molecule has 122 valence electrons. The summed E-state index contributed by atoms with van der Waals surface area (Å²) in [6.45, 7) is 7.55. The molecule has 1 aliphatic rings. The predicted molar refractivity (Wildman–Crippen MR) is 93.5 cm³/mol. The van der Waals surface area contributed by atoms with Crippen molar-refractivity contribution in [3.8, 4) is 0 Å². The van der Waals surface area contributed by atoms with Crippen LogP contribution >= 0.6 is 0 Å². The van der Waals surface area contributed by atoms with Gasteiger partial charge in [-0.3, -0.25) is 9.78 Å². The second-order valence-electron chi connectivity index (χ2n) is 5.87. The smallest absolute Gasteiger partial charge is 0.224 e. The van der Waals surface area contributed by atoms with Crippen LogP contribution in [0.3, 0.4) is 0 Å². The van der Waals surface area contributed by atoms with E-state index in [4.69, 9.17) is 0 Å². The molecule has 2 heterocycles. The average Bonchev–Trinajstić information content (AvgIpc) is 2.62. The van der Waals surface area contributed by atoms with Crippen LogP contribution in [0.1, 0.15) is 13.3 Å². The predicted octanol–water partition coefficient (Wildman–Crippen LogP) is 2.20. The fourth-order valence-electron chi connectivity index (χ4n) is 3.02. The molecular formula is C18H24N4O. The Morgan fingerprint density at radius 2 is 1.96 bits per heavy atom. The highest BCUT2D eigenvalue weighted by Gasteiger charge is 2.19. The maximum atomic E-state index is 12.3. The summed E-state index contributed by atoms with van der Waals surface area (Å²) in [6, 6.07) is 10.1. The van der Waals surface area contributed by atoms with E-state index in [-0.39, 0.29) is 5.91 Å². The quantitative estimate of drug-likeness (QED) is 0.919. The number of likely N-dealkylation sites (N-methyl/N-ethyl adjacent to an activating group) is 1. The van der Waals surface area contributed by atoms with E-state index in [1.54, 1.807) is 6.20 Å². The number of hydrogen-bond acceptors (Lipinski definition) is 4. The lowest BCUT2D eigenvalue weighted by molar-refractivity contribution is -0.132. The fourth-order valence-corrected chi connectivity index (χ4v) is 3.02. The molecule has 1 aromatic heterocycles. The Hall–Kier alpha value is -2.14. The first kappa shape index (κ1) is 15.7. The van der Waals surface area contributed by atoms with E-state index in [1.807, 2.05) is 35.2 Å². The van der Waals surface area contributed by atoms with Crippen LogP contribution < -0.4 is 5.32 Å². The van der Waals surface area contributed by atoms with Gasteiger partial charge in [-0.15, -0.1) is 0 Å². The third kappa shape index (κ3) is 3.79. The van der Waals surface area contributed by atoms with Gasteiger partial charge in [0.05, 0.1) is 11.2 Å². The molecule has 1 saturated heterocycles. The molecule has 0 atom stereocenters. The number of piperazine rings is 1. The summed E-state index contributed by atoms with van der Waals surface area (Å²) >= 11 is 0. The van der Waals surface area contributed by atoms with Gasteiger partial charge in [-0.1, -0.05) is 25.1 Å². The van der Waals surface area contributed by atoms with E-state index in [9.17, 15) is 4.79 Å². The van der Waals surface area contributed by atoms with E-state index in [2.05, 4.69) is 22.1 Å². The Labute approximate surface area is 137 Å². The third-order valence-electron chi connectivity index (χ3n) is 4.46. The number of benzene rings is 1. The van der Waals surface area contributed by atoms with E-state index < -0.39 is 0 Å². The Morgan fingerprint density at radius 3 is 2.74 bits per heavy atom. The van der Waals surface area contributed by atoms with Crippen molar-refractivity contribution in [3.63, 3.8) is 0 Å².